The summed E-state index contributed by atoms with van der Waals surface area (Å²) in [4.78, 5) is 23.8. The van der Waals surface area contributed by atoms with Crippen LogP contribution in [0.25, 0.3) is 0 Å². The molecule has 3 rings (SSSR count). The number of carbonyl (C=O) groups excluding carboxylic acids is 2. The summed E-state index contributed by atoms with van der Waals surface area (Å²) >= 11 is 0. The van der Waals surface area contributed by atoms with Gasteiger partial charge >= 0.3 is 5.97 Å². The molecule has 0 saturated heterocycles. The summed E-state index contributed by atoms with van der Waals surface area (Å²) < 4.78 is 23.1. The number of amides is 1. The molecule has 0 aromatic heterocycles. The second-order valence-corrected chi connectivity index (χ2v) is 6.56. The third-order valence-corrected chi connectivity index (χ3v) is 4.63. The molecule has 142 valence electrons. The Morgan fingerprint density at radius 3 is 2.48 bits per heavy atom. The number of hydrogen-bond donors (Lipinski definition) is 1. The van der Waals surface area contributed by atoms with Crippen LogP contribution in [0.4, 0.5) is 4.39 Å². The molecular weight excluding hydrogens is 349 g/mol. The van der Waals surface area contributed by atoms with Crippen molar-refractivity contribution in [3.05, 3.63) is 65.5 Å². The lowest BCUT2D eigenvalue weighted by Crippen LogP contribution is -2.30. The number of ether oxygens (including phenoxy) is 2. The first kappa shape index (κ1) is 18.9. The van der Waals surface area contributed by atoms with Crippen LogP contribution in [0.3, 0.4) is 0 Å². The van der Waals surface area contributed by atoms with Crippen LogP contribution < -0.4 is 10.1 Å². The number of rotatable bonds is 8. The Morgan fingerprint density at radius 1 is 1.11 bits per heavy atom. The van der Waals surface area contributed by atoms with E-state index in [0.29, 0.717) is 19.4 Å². The standard InChI is InChI=1S/C21H22FNO4/c1-26-17-8-2-14(3-9-17)10-11-23-20(24)13-27-21(25)19-12-18(19)15-4-6-16(22)7-5-15/h2-9,18-19H,10-13H2,1H3,(H,23,24). The van der Waals surface area contributed by atoms with Gasteiger partial charge in [-0.05, 0) is 54.2 Å². The zero-order chi connectivity index (χ0) is 19.2. The van der Waals surface area contributed by atoms with Gasteiger partial charge in [0.1, 0.15) is 11.6 Å². The van der Waals surface area contributed by atoms with Gasteiger partial charge in [-0.1, -0.05) is 24.3 Å². The van der Waals surface area contributed by atoms with Gasteiger partial charge in [0.25, 0.3) is 5.91 Å². The molecule has 1 saturated carbocycles. The number of nitrogens with one attached hydrogen (secondary N) is 1. The van der Waals surface area contributed by atoms with E-state index in [9.17, 15) is 14.0 Å². The van der Waals surface area contributed by atoms with Crippen molar-refractivity contribution in [2.45, 2.75) is 18.8 Å². The van der Waals surface area contributed by atoms with Crippen LogP contribution in [0.2, 0.25) is 0 Å². The Morgan fingerprint density at radius 2 is 1.81 bits per heavy atom. The fraction of sp³-hybridized carbons (Fsp3) is 0.333. The zero-order valence-corrected chi connectivity index (χ0v) is 15.1. The number of hydrogen-bond acceptors (Lipinski definition) is 4. The molecule has 2 unspecified atom stereocenters. The lowest BCUT2D eigenvalue weighted by molar-refractivity contribution is -0.149. The van der Waals surface area contributed by atoms with E-state index in [1.807, 2.05) is 24.3 Å². The maximum Gasteiger partial charge on any atom is 0.310 e. The SMILES string of the molecule is COc1ccc(CCNC(=O)COC(=O)C2CC2c2ccc(F)cc2)cc1. The molecule has 0 spiro atoms. The number of esters is 1. The molecule has 2 aromatic carbocycles. The van der Waals surface area contributed by atoms with Crippen molar-refractivity contribution < 1.29 is 23.5 Å². The fourth-order valence-electron chi connectivity index (χ4n) is 2.97. The zero-order valence-electron chi connectivity index (χ0n) is 15.1. The van der Waals surface area contributed by atoms with Gasteiger partial charge in [-0.25, -0.2) is 4.39 Å². The van der Waals surface area contributed by atoms with E-state index >= 15 is 0 Å². The molecule has 0 bridgehead atoms. The second kappa shape index (κ2) is 8.66. The summed E-state index contributed by atoms with van der Waals surface area (Å²) in [5.74, 6) is -0.414. The molecule has 1 aliphatic carbocycles. The van der Waals surface area contributed by atoms with Crippen LogP contribution in [0.5, 0.6) is 5.75 Å². The van der Waals surface area contributed by atoms with E-state index in [2.05, 4.69) is 5.32 Å². The number of benzene rings is 2. The highest BCUT2D eigenvalue weighted by Gasteiger charge is 2.45. The Balaban J connectivity index is 1.34. The molecule has 1 amide bonds. The molecule has 27 heavy (non-hydrogen) atoms. The molecule has 1 aliphatic rings. The van der Waals surface area contributed by atoms with Gasteiger partial charge in [0, 0.05) is 6.54 Å². The molecule has 0 aliphatic heterocycles. The maximum atomic E-state index is 12.9. The maximum absolute atomic E-state index is 12.9. The Kier molecular flexibility index (Phi) is 6.06. The van der Waals surface area contributed by atoms with Gasteiger partial charge in [-0.2, -0.15) is 0 Å². The van der Waals surface area contributed by atoms with E-state index < -0.39 is 0 Å². The summed E-state index contributed by atoms with van der Waals surface area (Å²) in [6, 6.07) is 13.7. The molecule has 5 nitrogen and oxygen atoms in total. The molecule has 1 fully saturated rings. The second-order valence-electron chi connectivity index (χ2n) is 6.56. The minimum atomic E-state index is -0.380. The molecule has 1 N–H and O–H groups in total. The van der Waals surface area contributed by atoms with Crippen molar-refractivity contribution in [3.8, 4) is 5.75 Å². The molecule has 2 atom stereocenters. The average Bonchev–Trinajstić information content (AvgIpc) is 3.48. The molecule has 6 heteroatoms. The predicted molar refractivity (Wildman–Crippen MR) is 97.9 cm³/mol. The highest BCUT2D eigenvalue weighted by atomic mass is 19.1. The summed E-state index contributed by atoms with van der Waals surface area (Å²) in [5, 5.41) is 2.73. The van der Waals surface area contributed by atoms with E-state index in [4.69, 9.17) is 9.47 Å². The van der Waals surface area contributed by atoms with Crippen LogP contribution >= 0.6 is 0 Å². The van der Waals surface area contributed by atoms with Crippen LogP contribution in [-0.2, 0) is 20.7 Å². The number of halogens is 1. The van der Waals surface area contributed by atoms with Crippen LogP contribution in [0, 0.1) is 11.7 Å². The van der Waals surface area contributed by atoms with Crippen molar-refractivity contribution in [1.82, 2.24) is 5.32 Å². The number of carbonyl (C=O) groups is 2. The smallest absolute Gasteiger partial charge is 0.310 e. The topological polar surface area (TPSA) is 64.6 Å². The Hall–Kier alpha value is -2.89. The van der Waals surface area contributed by atoms with Crippen molar-refractivity contribution in [3.63, 3.8) is 0 Å². The number of methoxy groups -OCH3 is 1. The molecular formula is C21H22FNO4. The quantitative estimate of drug-likeness (QED) is 0.725. The first-order valence-corrected chi connectivity index (χ1v) is 8.88. The lowest BCUT2D eigenvalue weighted by atomic mass is 10.1. The fourth-order valence-corrected chi connectivity index (χ4v) is 2.97. The van der Waals surface area contributed by atoms with E-state index in [1.165, 1.54) is 12.1 Å². The monoisotopic (exact) mass is 371 g/mol. The largest absolute Gasteiger partial charge is 0.497 e. The Bertz CT molecular complexity index is 789. The summed E-state index contributed by atoms with van der Waals surface area (Å²) in [6.07, 6.45) is 1.35. The minimum Gasteiger partial charge on any atom is -0.497 e. The summed E-state index contributed by atoms with van der Waals surface area (Å²) in [7, 11) is 1.61. The van der Waals surface area contributed by atoms with Crippen molar-refractivity contribution >= 4 is 11.9 Å². The van der Waals surface area contributed by atoms with Crippen molar-refractivity contribution in [1.29, 1.82) is 0 Å². The van der Waals surface area contributed by atoms with E-state index in [1.54, 1.807) is 19.2 Å². The first-order chi connectivity index (χ1) is 13.1. The van der Waals surface area contributed by atoms with Gasteiger partial charge in [-0.15, -0.1) is 0 Å². The minimum absolute atomic E-state index is 0.0521. The van der Waals surface area contributed by atoms with Gasteiger partial charge in [0.05, 0.1) is 13.0 Å². The van der Waals surface area contributed by atoms with Crippen LogP contribution in [-0.4, -0.2) is 32.1 Å². The van der Waals surface area contributed by atoms with Crippen LogP contribution in [0.1, 0.15) is 23.5 Å². The van der Waals surface area contributed by atoms with E-state index in [0.717, 1.165) is 16.9 Å². The van der Waals surface area contributed by atoms with E-state index in [-0.39, 0.29) is 36.1 Å². The molecule has 0 heterocycles. The van der Waals surface area contributed by atoms with Crippen molar-refractivity contribution in [2.75, 3.05) is 20.3 Å². The first-order valence-electron chi connectivity index (χ1n) is 8.88. The predicted octanol–water partition coefficient (Wildman–Crippen LogP) is 2.84. The van der Waals surface area contributed by atoms with Gasteiger partial charge in [0.15, 0.2) is 6.61 Å². The summed E-state index contributed by atoms with van der Waals surface area (Å²) in [5.41, 5.74) is 2.00. The highest BCUT2D eigenvalue weighted by molar-refractivity contribution is 5.83. The normalized spacial score (nSPS) is 17.9. The molecule has 0 radical (unpaired) electrons. The third-order valence-electron chi connectivity index (χ3n) is 4.63. The lowest BCUT2D eigenvalue weighted by Gasteiger charge is -2.07. The van der Waals surface area contributed by atoms with Crippen molar-refractivity contribution in [2.24, 2.45) is 5.92 Å². The highest BCUT2D eigenvalue weighted by Crippen LogP contribution is 2.48. The Labute approximate surface area is 157 Å². The third kappa shape index (κ3) is 5.29. The van der Waals surface area contributed by atoms with Gasteiger partial charge < -0.3 is 14.8 Å². The van der Waals surface area contributed by atoms with Gasteiger partial charge in [0.2, 0.25) is 0 Å². The van der Waals surface area contributed by atoms with Crippen LogP contribution in [0.15, 0.2) is 48.5 Å². The van der Waals surface area contributed by atoms with Gasteiger partial charge in [-0.3, -0.25) is 9.59 Å². The average molecular weight is 371 g/mol. The molecule has 2 aromatic rings. The summed E-state index contributed by atoms with van der Waals surface area (Å²) in [6.45, 7) is 0.179.